The van der Waals surface area contributed by atoms with Crippen LogP contribution >= 0.6 is 11.8 Å². The van der Waals surface area contributed by atoms with E-state index in [1.165, 1.54) is 21.6 Å². The van der Waals surface area contributed by atoms with Crippen LogP contribution in [0.15, 0.2) is 94.7 Å². The van der Waals surface area contributed by atoms with E-state index in [0.717, 1.165) is 11.3 Å². The number of aromatic nitrogens is 1. The standard InChI is InChI=1S/C32H33N3O3S/c1-21(2)34(3)32(37)29-31(38-19-22-11-5-4-6-12-22)30(36)27(33)18-35(29)17-26-24-14-8-7-13-23(24)20-39-28-16-10-9-15-25(26)28/h4-16,18,21,26H,17,19-20,33H2,1-3H3. The summed E-state index contributed by atoms with van der Waals surface area (Å²) < 4.78 is 7.94. The number of amides is 1. The van der Waals surface area contributed by atoms with E-state index in [2.05, 4.69) is 42.5 Å². The van der Waals surface area contributed by atoms with Gasteiger partial charge in [0.15, 0.2) is 11.4 Å². The van der Waals surface area contributed by atoms with Crippen LogP contribution < -0.4 is 15.9 Å². The van der Waals surface area contributed by atoms with Crippen molar-refractivity contribution in [3.05, 3.63) is 123 Å². The van der Waals surface area contributed by atoms with Gasteiger partial charge in [-0.25, -0.2) is 0 Å². The molecule has 0 saturated carbocycles. The molecule has 0 spiro atoms. The van der Waals surface area contributed by atoms with Crippen LogP contribution in [0.25, 0.3) is 0 Å². The van der Waals surface area contributed by atoms with Crippen molar-refractivity contribution in [2.24, 2.45) is 0 Å². The lowest BCUT2D eigenvalue weighted by Gasteiger charge is -2.28. The molecular weight excluding hydrogens is 506 g/mol. The zero-order valence-corrected chi connectivity index (χ0v) is 23.3. The molecule has 1 aliphatic rings. The highest BCUT2D eigenvalue weighted by atomic mass is 32.2. The second kappa shape index (κ2) is 11.4. The minimum Gasteiger partial charge on any atom is -0.482 e. The number of pyridine rings is 1. The van der Waals surface area contributed by atoms with Gasteiger partial charge in [-0.15, -0.1) is 11.8 Å². The molecule has 1 aliphatic heterocycles. The Morgan fingerprint density at radius 3 is 2.44 bits per heavy atom. The summed E-state index contributed by atoms with van der Waals surface area (Å²) >= 11 is 1.82. The number of anilines is 1. The Bertz CT molecular complexity index is 1500. The first-order chi connectivity index (χ1) is 18.8. The van der Waals surface area contributed by atoms with Crippen LogP contribution in [0.2, 0.25) is 0 Å². The first-order valence-electron chi connectivity index (χ1n) is 13.1. The van der Waals surface area contributed by atoms with Crippen LogP contribution in [0.5, 0.6) is 5.75 Å². The Morgan fingerprint density at radius 2 is 1.69 bits per heavy atom. The molecule has 1 aromatic heterocycles. The number of thioether (sulfide) groups is 1. The second-order valence-corrected chi connectivity index (χ2v) is 11.1. The maximum Gasteiger partial charge on any atom is 0.274 e. The lowest BCUT2D eigenvalue weighted by molar-refractivity contribution is 0.0736. The lowest BCUT2D eigenvalue weighted by Crippen LogP contribution is -2.37. The highest BCUT2D eigenvalue weighted by Gasteiger charge is 2.30. The number of ether oxygens (including phenoxy) is 1. The average molecular weight is 540 g/mol. The Labute approximate surface area is 233 Å². The predicted octanol–water partition coefficient (Wildman–Crippen LogP) is 5.93. The molecule has 1 amide bonds. The van der Waals surface area contributed by atoms with Gasteiger partial charge in [0.25, 0.3) is 5.91 Å². The van der Waals surface area contributed by atoms with E-state index in [4.69, 9.17) is 10.5 Å². The maximum atomic E-state index is 13.9. The van der Waals surface area contributed by atoms with Crippen molar-refractivity contribution < 1.29 is 9.53 Å². The van der Waals surface area contributed by atoms with E-state index in [0.29, 0.717) is 6.54 Å². The molecular formula is C32H33N3O3S. The summed E-state index contributed by atoms with van der Waals surface area (Å²) in [4.78, 5) is 30.1. The molecule has 0 radical (unpaired) electrons. The smallest absolute Gasteiger partial charge is 0.274 e. The van der Waals surface area contributed by atoms with Crippen molar-refractivity contribution in [2.45, 2.75) is 49.6 Å². The molecule has 0 saturated heterocycles. The third kappa shape index (κ3) is 5.45. The number of hydrogen-bond donors (Lipinski definition) is 1. The van der Waals surface area contributed by atoms with Crippen molar-refractivity contribution >= 4 is 23.4 Å². The minimum atomic E-state index is -0.472. The first kappa shape index (κ1) is 26.6. The number of carbonyl (C=O) groups is 1. The Kier molecular flexibility index (Phi) is 7.79. The number of benzene rings is 3. The van der Waals surface area contributed by atoms with E-state index >= 15 is 0 Å². The third-order valence-electron chi connectivity index (χ3n) is 7.28. The van der Waals surface area contributed by atoms with Gasteiger partial charge < -0.3 is 19.9 Å². The van der Waals surface area contributed by atoms with Crippen molar-refractivity contribution in [3.8, 4) is 5.75 Å². The summed E-state index contributed by atoms with van der Waals surface area (Å²) in [6, 6.07) is 26.3. The summed E-state index contributed by atoms with van der Waals surface area (Å²) in [7, 11) is 1.74. The lowest BCUT2D eigenvalue weighted by atomic mass is 9.88. The summed E-state index contributed by atoms with van der Waals surface area (Å²) in [5, 5.41) is 0. The Balaban J connectivity index is 1.66. The van der Waals surface area contributed by atoms with Gasteiger partial charge in [0, 0.05) is 42.4 Å². The highest BCUT2D eigenvalue weighted by molar-refractivity contribution is 7.98. The summed E-state index contributed by atoms with van der Waals surface area (Å²) in [6.07, 6.45) is 1.60. The summed E-state index contributed by atoms with van der Waals surface area (Å²) in [5.41, 5.74) is 10.6. The highest BCUT2D eigenvalue weighted by Crippen LogP contribution is 2.41. The predicted molar refractivity (Wildman–Crippen MR) is 157 cm³/mol. The van der Waals surface area contributed by atoms with E-state index in [1.807, 2.05) is 66.6 Å². The number of nitrogen functional groups attached to an aromatic ring is 1. The monoisotopic (exact) mass is 539 g/mol. The van der Waals surface area contributed by atoms with Gasteiger partial charge in [0.2, 0.25) is 5.43 Å². The van der Waals surface area contributed by atoms with Gasteiger partial charge >= 0.3 is 0 Å². The molecule has 3 aromatic carbocycles. The van der Waals surface area contributed by atoms with E-state index in [9.17, 15) is 9.59 Å². The van der Waals surface area contributed by atoms with Gasteiger partial charge in [0.05, 0.1) is 0 Å². The summed E-state index contributed by atoms with van der Waals surface area (Å²) in [5.74, 6) is 0.520. The van der Waals surface area contributed by atoms with E-state index < -0.39 is 5.43 Å². The van der Waals surface area contributed by atoms with Gasteiger partial charge in [-0.3, -0.25) is 9.59 Å². The average Bonchev–Trinajstić information content (AvgIpc) is 3.11. The summed E-state index contributed by atoms with van der Waals surface area (Å²) in [6.45, 7) is 4.46. The Hall–Kier alpha value is -3.97. The molecule has 0 aliphatic carbocycles. The molecule has 6 nitrogen and oxygen atoms in total. The molecule has 2 heterocycles. The fourth-order valence-corrected chi connectivity index (χ4v) is 6.04. The molecule has 0 fully saturated rings. The zero-order chi connectivity index (χ0) is 27.5. The number of nitrogens with zero attached hydrogens (tertiary/aromatic N) is 2. The van der Waals surface area contributed by atoms with Crippen LogP contribution in [0.4, 0.5) is 5.69 Å². The first-order valence-corrected chi connectivity index (χ1v) is 14.1. The van der Waals surface area contributed by atoms with Crippen LogP contribution in [0, 0.1) is 0 Å². The minimum absolute atomic E-state index is 0.0130. The van der Waals surface area contributed by atoms with Crippen LogP contribution in [-0.2, 0) is 18.9 Å². The fourth-order valence-electron chi connectivity index (χ4n) is 4.91. The second-order valence-electron chi connectivity index (χ2n) is 10.1. The van der Waals surface area contributed by atoms with Crippen molar-refractivity contribution in [3.63, 3.8) is 0 Å². The molecule has 200 valence electrons. The van der Waals surface area contributed by atoms with Crippen molar-refractivity contribution in [1.82, 2.24) is 9.47 Å². The van der Waals surface area contributed by atoms with Gasteiger partial charge in [-0.2, -0.15) is 0 Å². The van der Waals surface area contributed by atoms with Gasteiger partial charge in [-0.1, -0.05) is 72.8 Å². The topological polar surface area (TPSA) is 77.6 Å². The normalized spacial score (nSPS) is 14.3. The molecule has 2 N–H and O–H groups in total. The molecule has 1 unspecified atom stereocenters. The number of rotatable bonds is 7. The largest absolute Gasteiger partial charge is 0.482 e. The molecule has 0 bridgehead atoms. The van der Waals surface area contributed by atoms with E-state index in [-0.39, 0.29) is 41.6 Å². The SMILES string of the molecule is CC(C)N(C)C(=O)c1c(OCc2ccccc2)c(=O)c(N)cn1CC1c2ccccc2CSc2ccccc21. The van der Waals surface area contributed by atoms with Gasteiger partial charge in [0.1, 0.15) is 12.3 Å². The quantitative estimate of drug-likeness (QED) is 0.315. The third-order valence-corrected chi connectivity index (χ3v) is 8.41. The van der Waals surface area contributed by atoms with Crippen molar-refractivity contribution in [1.29, 1.82) is 0 Å². The molecule has 7 heteroatoms. The number of carbonyl (C=O) groups excluding carboxylic acids is 1. The van der Waals surface area contributed by atoms with Crippen LogP contribution in [-0.4, -0.2) is 28.5 Å². The Morgan fingerprint density at radius 1 is 1.03 bits per heavy atom. The molecule has 1 atom stereocenters. The molecule has 5 rings (SSSR count). The number of nitrogens with two attached hydrogens (primary N) is 1. The van der Waals surface area contributed by atoms with Crippen LogP contribution in [0.1, 0.15) is 52.5 Å². The molecule has 39 heavy (non-hydrogen) atoms. The number of hydrogen-bond acceptors (Lipinski definition) is 5. The van der Waals surface area contributed by atoms with Crippen molar-refractivity contribution in [2.75, 3.05) is 12.8 Å². The molecule has 4 aromatic rings. The van der Waals surface area contributed by atoms with Crippen LogP contribution in [0.3, 0.4) is 0 Å². The van der Waals surface area contributed by atoms with E-state index in [1.54, 1.807) is 18.1 Å². The maximum absolute atomic E-state index is 13.9. The van der Waals surface area contributed by atoms with Gasteiger partial charge in [-0.05, 0) is 42.2 Å². The zero-order valence-electron chi connectivity index (χ0n) is 22.5. The fraction of sp³-hybridized carbons (Fsp3) is 0.250. The number of fused-ring (bicyclic) bond motifs is 2.